The molecule has 0 bridgehead atoms. The molecule has 0 fully saturated rings. The molecule has 0 saturated heterocycles. The summed E-state index contributed by atoms with van der Waals surface area (Å²) >= 11 is 0. The van der Waals surface area contributed by atoms with Crippen LogP contribution >= 0.6 is 0 Å². The zero-order chi connectivity index (χ0) is 19.4. The quantitative estimate of drug-likeness (QED) is 0.824. The van der Waals surface area contributed by atoms with E-state index >= 15 is 0 Å². The molecule has 1 aliphatic rings. The highest BCUT2D eigenvalue weighted by atomic mass is 16.6. The molecule has 1 N–H and O–H groups in total. The second-order valence-corrected chi connectivity index (χ2v) is 6.29. The van der Waals surface area contributed by atoms with Crippen molar-refractivity contribution in [2.45, 2.75) is 32.4 Å². The van der Waals surface area contributed by atoms with E-state index in [4.69, 9.17) is 4.74 Å². The highest BCUT2D eigenvalue weighted by Crippen LogP contribution is 2.30. The van der Waals surface area contributed by atoms with Crippen LogP contribution < -0.4 is 0 Å². The van der Waals surface area contributed by atoms with Gasteiger partial charge in [0.1, 0.15) is 0 Å². The Morgan fingerprint density at radius 1 is 1.07 bits per heavy atom. The van der Waals surface area contributed by atoms with Gasteiger partial charge in [-0.05, 0) is 36.6 Å². The first-order valence-electron chi connectivity index (χ1n) is 8.95. The molecule has 2 aromatic carbocycles. The number of hydrogen-bond acceptors (Lipinski definition) is 5. The van der Waals surface area contributed by atoms with Crippen LogP contribution in [0.2, 0.25) is 0 Å². The lowest BCUT2D eigenvalue weighted by Crippen LogP contribution is -2.53. The van der Waals surface area contributed by atoms with Crippen molar-refractivity contribution in [3.8, 4) is 11.1 Å². The Morgan fingerprint density at radius 2 is 1.70 bits per heavy atom. The standard InChI is InChI=1S/C21H22N2O4/c1-3-18-14-21(26,20(25)27-4-2)23(22-18)19(24)17-12-10-16(11-13-17)15-8-6-5-7-9-15/h5-13,26H,3-4,14H2,1-2H3/t21-/m1/s1. The van der Waals surface area contributed by atoms with Gasteiger partial charge < -0.3 is 9.84 Å². The maximum absolute atomic E-state index is 12.9. The zero-order valence-electron chi connectivity index (χ0n) is 15.4. The minimum Gasteiger partial charge on any atom is -0.462 e. The van der Waals surface area contributed by atoms with Crippen LogP contribution in [0.3, 0.4) is 0 Å². The van der Waals surface area contributed by atoms with E-state index in [0.29, 0.717) is 17.7 Å². The van der Waals surface area contributed by atoms with Crippen molar-refractivity contribution in [3.63, 3.8) is 0 Å². The van der Waals surface area contributed by atoms with E-state index in [1.165, 1.54) is 0 Å². The summed E-state index contributed by atoms with van der Waals surface area (Å²) in [6.45, 7) is 3.61. The van der Waals surface area contributed by atoms with E-state index in [2.05, 4.69) is 5.10 Å². The van der Waals surface area contributed by atoms with Crippen LogP contribution in [0.4, 0.5) is 0 Å². The molecule has 0 unspecified atom stereocenters. The number of aliphatic hydroxyl groups is 1. The van der Waals surface area contributed by atoms with Crippen molar-refractivity contribution in [2.24, 2.45) is 5.10 Å². The third kappa shape index (κ3) is 3.61. The van der Waals surface area contributed by atoms with Crippen LogP contribution in [-0.4, -0.2) is 40.0 Å². The van der Waals surface area contributed by atoms with E-state index in [9.17, 15) is 14.7 Å². The van der Waals surface area contributed by atoms with Gasteiger partial charge >= 0.3 is 5.97 Å². The van der Waals surface area contributed by atoms with Crippen LogP contribution in [0.1, 0.15) is 37.0 Å². The fourth-order valence-corrected chi connectivity index (χ4v) is 2.99. The van der Waals surface area contributed by atoms with Crippen LogP contribution in [0, 0.1) is 0 Å². The molecule has 6 heteroatoms. The summed E-state index contributed by atoms with van der Waals surface area (Å²) in [4.78, 5) is 25.2. The molecule has 6 nitrogen and oxygen atoms in total. The molecule has 1 aliphatic heterocycles. The monoisotopic (exact) mass is 366 g/mol. The average Bonchev–Trinajstić information content (AvgIpc) is 3.06. The summed E-state index contributed by atoms with van der Waals surface area (Å²) in [5, 5.41) is 15.9. The van der Waals surface area contributed by atoms with Gasteiger partial charge in [0, 0.05) is 17.7 Å². The van der Waals surface area contributed by atoms with E-state index in [-0.39, 0.29) is 13.0 Å². The number of benzene rings is 2. The first-order valence-corrected chi connectivity index (χ1v) is 8.95. The molecule has 2 aromatic rings. The maximum atomic E-state index is 12.9. The molecule has 0 aliphatic carbocycles. The van der Waals surface area contributed by atoms with E-state index < -0.39 is 17.6 Å². The van der Waals surface area contributed by atoms with Gasteiger partial charge in [0.15, 0.2) is 0 Å². The van der Waals surface area contributed by atoms with E-state index in [1.54, 1.807) is 19.1 Å². The Labute approximate surface area is 158 Å². The Kier molecular flexibility index (Phi) is 5.37. The zero-order valence-corrected chi connectivity index (χ0v) is 15.4. The number of carbonyl (C=O) groups excluding carboxylic acids is 2. The number of ether oxygens (including phenoxy) is 1. The molecule has 27 heavy (non-hydrogen) atoms. The van der Waals surface area contributed by atoms with E-state index in [1.807, 2.05) is 49.4 Å². The minimum atomic E-state index is -2.10. The van der Waals surface area contributed by atoms with Gasteiger partial charge in [-0.15, -0.1) is 0 Å². The van der Waals surface area contributed by atoms with Gasteiger partial charge in [-0.1, -0.05) is 49.4 Å². The Morgan fingerprint density at radius 3 is 2.30 bits per heavy atom. The molecule has 0 aromatic heterocycles. The Hall–Kier alpha value is -2.99. The SMILES string of the molecule is CCOC(=O)[C@]1(O)CC(CC)=NN1C(=O)c1ccc(-c2ccccc2)cc1. The highest BCUT2D eigenvalue weighted by molar-refractivity contribution is 6.03. The van der Waals surface area contributed by atoms with Crippen molar-refractivity contribution in [1.82, 2.24) is 5.01 Å². The number of esters is 1. The van der Waals surface area contributed by atoms with Gasteiger partial charge in [-0.2, -0.15) is 10.1 Å². The minimum absolute atomic E-state index is 0.0455. The number of rotatable bonds is 5. The molecule has 140 valence electrons. The fourth-order valence-electron chi connectivity index (χ4n) is 2.99. The lowest BCUT2D eigenvalue weighted by atomic mass is 10.0. The number of carbonyl (C=O) groups is 2. The fraction of sp³-hybridized carbons (Fsp3) is 0.286. The summed E-state index contributed by atoms with van der Waals surface area (Å²) in [7, 11) is 0. The first-order chi connectivity index (χ1) is 13.0. The Balaban J connectivity index is 1.88. The third-order valence-corrected chi connectivity index (χ3v) is 4.48. The van der Waals surface area contributed by atoms with Crippen molar-refractivity contribution in [2.75, 3.05) is 6.61 Å². The summed E-state index contributed by atoms with van der Waals surface area (Å²) in [6.07, 6.45) is 0.481. The summed E-state index contributed by atoms with van der Waals surface area (Å²) < 4.78 is 4.96. The van der Waals surface area contributed by atoms with Crippen molar-refractivity contribution in [3.05, 3.63) is 60.2 Å². The van der Waals surface area contributed by atoms with Crippen LogP contribution in [0.5, 0.6) is 0 Å². The normalized spacial score (nSPS) is 18.9. The molecule has 3 rings (SSSR count). The predicted molar refractivity (Wildman–Crippen MR) is 102 cm³/mol. The Bertz CT molecular complexity index is 862. The van der Waals surface area contributed by atoms with Crippen LogP contribution in [0.25, 0.3) is 11.1 Å². The lowest BCUT2D eigenvalue weighted by Gasteiger charge is -2.28. The molecule has 1 atom stereocenters. The largest absolute Gasteiger partial charge is 0.462 e. The van der Waals surface area contributed by atoms with Crippen molar-refractivity contribution in [1.29, 1.82) is 0 Å². The van der Waals surface area contributed by atoms with Crippen molar-refractivity contribution < 1.29 is 19.4 Å². The van der Waals surface area contributed by atoms with Gasteiger partial charge in [0.05, 0.1) is 6.61 Å². The lowest BCUT2D eigenvalue weighted by molar-refractivity contribution is -0.179. The van der Waals surface area contributed by atoms with Gasteiger partial charge in [-0.3, -0.25) is 4.79 Å². The second kappa shape index (κ2) is 7.72. The summed E-state index contributed by atoms with van der Waals surface area (Å²) in [5.74, 6) is -1.42. The van der Waals surface area contributed by atoms with Gasteiger partial charge in [0.25, 0.3) is 11.6 Å². The summed E-state index contributed by atoms with van der Waals surface area (Å²) in [5.41, 5.74) is 0.800. The number of hydrazone groups is 1. The topological polar surface area (TPSA) is 79.2 Å². The molecule has 0 spiro atoms. The smallest absolute Gasteiger partial charge is 0.362 e. The molecular formula is C21H22N2O4. The van der Waals surface area contributed by atoms with Crippen LogP contribution in [-0.2, 0) is 9.53 Å². The third-order valence-electron chi connectivity index (χ3n) is 4.48. The van der Waals surface area contributed by atoms with Gasteiger partial charge in [-0.25, -0.2) is 4.79 Å². The maximum Gasteiger partial charge on any atom is 0.362 e. The summed E-state index contributed by atoms with van der Waals surface area (Å²) in [6, 6.07) is 16.8. The number of amides is 1. The van der Waals surface area contributed by atoms with Gasteiger partial charge in [0.2, 0.25) is 0 Å². The molecule has 0 saturated carbocycles. The predicted octanol–water partition coefficient (Wildman–Crippen LogP) is 3.22. The highest BCUT2D eigenvalue weighted by Gasteiger charge is 2.51. The second-order valence-electron chi connectivity index (χ2n) is 6.29. The van der Waals surface area contributed by atoms with E-state index in [0.717, 1.165) is 16.1 Å². The number of hydrogen-bond donors (Lipinski definition) is 1. The first kappa shape index (κ1) is 18.8. The average molecular weight is 366 g/mol. The molecule has 1 amide bonds. The molecule has 0 radical (unpaired) electrons. The van der Waals surface area contributed by atoms with Crippen LogP contribution in [0.15, 0.2) is 59.7 Å². The van der Waals surface area contributed by atoms with Crippen molar-refractivity contribution >= 4 is 17.6 Å². The number of nitrogens with zero attached hydrogens (tertiary/aromatic N) is 2. The molecule has 1 heterocycles. The molecular weight excluding hydrogens is 344 g/mol.